The third kappa shape index (κ3) is 2.66. The quantitative estimate of drug-likeness (QED) is 0.888. The molecule has 1 amide bonds. The fourth-order valence-corrected chi connectivity index (χ4v) is 2.68. The van der Waals surface area contributed by atoms with Crippen molar-refractivity contribution in [2.45, 2.75) is 45.7 Å². The van der Waals surface area contributed by atoms with E-state index in [1.54, 1.807) is 0 Å². The minimum Gasteiger partial charge on any atom is -0.337 e. The highest BCUT2D eigenvalue weighted by atomic mass is 16.2. The number of carbonyl (C=O) groups is 1. The van der Waals surface area contributed by atoms with E-state index in [9.17, 15) is 4.79 Å². The molecule has 1 aromatic rings. The Kier molecular flexibility index (Phi) is 3.68. The monoisotopic (exact) mass is 260 g/mol. The Morgan fingerprint density at radius 1 is 1.37 bits per heavy atom. The van der Waals surface area contributed by atoms with Crippen LogP contribution in [0.15, 0.2) is 24.3 Å². The Morgan fingerprint density at radius 3 is 2.63 bits per heavy atom. The fraction of sp³-hybridized carbons (Fsp3) is 0.562. The second kappa shape index (κ2) is 4.97. The number of benzene rings is 1. The van der Waals surface area contributed by atoms with Crippen molar-refractivity contribution in [3.8, 4) is 0 Å². The molecular formula is C16H24N2O. The molecule has 19 heavy (non-hydrogen) atoms. The Bertz CT molecular complexity index is 476. The normalized spacial score (nSPS) is 19.9. The van der Waals surface area contributed by atoms with Gasteiger partial charge in [-0.2, -0.15) is 0 Å². The molecule has 0 bridgehead atoms. The summed E-state index contributed by atoms with van der Waals surface area (Å²) < 4.78 is 0. The molecule has 0 saturated carbocycles. The minimum atomic E-state index is -0.453. The largest absolute Gasteiger partial charge is 0.337 e. The molecule has 2 N–H and O–H groups in total. The van der Waals surface area contributed by atoms with Gasteiger partial charge in [-0.15, -0.1) is 0 Å². The molecule has 0 fully saturated rings. The first kappa shape index (κ1) is 14.1. The topological polar surface area (TPSA) is 46.3 Å². The van der Waals surface area contributed by atoms with Gasteiger partial charge in [0.15, 0.2) is 0 Å². The van der Waals surface area contributed by atoms with Gasteiger partial charge in [0, 0.05) is 7.05 Å². The zero-order valence-corrected chi connectivity index (χ0v) is 12.3. The molecule has 1 aliphatic carbocycles. The number of rotatable bonds is 2. The third-order valence-corrected chi connectivity index (χ3v) is 4.12. The summed E-state index contributed by atoms with van der Waals surface area (Å²) in [6.07, 6.45) is 2.04. The molecule has 0 radical (unpaired) electrons. The zero-order valence-electron chi connectivity index (χ0n) is 12.3. The second-order valence-corrected chi connectivity index (χ2v) is 6.55. The zero-order chi connectivity index (χ0) is 14.2. The molecule has 0 spiro atoms. The van der Waals surface area contributed by atoms with Gasteiger partial charge in [-0.25, -0.2) is 0 Å². The average Bonchev–Trinajstić information content (AvgIpc) is 2.78. The van der Waals surface area contributed by atoms with Crippen molar-refractivity contribution >= 4 is 5.91 Å². The van der Waals surface area contributed by atoms with Crippen LogP contribution in [-0.4, -0.2) is 23.9 Å². The second-order valence-electron chi connectivity index (χ2n) is 6.55. The summed E-state index contributed by atoms with van der Waals surface area (Å²) in [5.41, 5.74) is 8.52. The number of nitrogens with two attached hydrogens (primary N) is 1. The van der Waals surface area contributed by atoms with Gasteiger partial charge in [0.25, 0.3) is 0 Å². The molecule has 0 aromatic heterocycles. The highest BCUT2D eigenvalue weighted by Crippen LogP contribution is 2.35. The first-order valence-electron chi connectivity index (χ1n) is 6.92. The van der Waals surface area contributed by atoms with Crippen LogP contribution in [0.1, 0.15) is 44.4 Å². The first-order valence-corrected chi connectivity index (χ1v) is 6.92. The van der Waals surface area contributed by atoms with E-state index in [0.29, 0.717) is 0 Å². The number of hydrogen-bond donors (Lipinski definition) is 1. The summed E-state index contributed by atoms with van der Waals surface area (Å²) in [7, 11) is 1.88. The fourth-order valence-electron chi connectivity index (χ4n) is 2.68. The van der Waals surface area contributed by atoms with Gasteiger partial charge in [0.05, 0.1) is 12.1 Å². The standard InChI is InChI=1S/C16H24N2O/c1-16(2,3)14(17)15(19)18(4)13-10-9-11-7-5-6-8-12(11)13/h5-8,13-14H,9-10,17H2,1-4H3. The minimum absolute atomic E-state index is 0.0363. The molecule has 3 heteroatoms. The summed E-state index contributed by atoms with van der Waals surface area (Å²) in [5.74, 6) is 0.0363. The van der Waals surface area contributed by atoms with Crippen molar-refractivity contribution in [2.75, 3.05) is 7.05 Å². The molecular weight excluding hydrogens is 236 g/mol. The van der Waals surface area contributed by atoms with Crippen molar-refractivity contribution < 1.29 is 4.79 Å². The van der Waals surface area contributed by atoms with Gasteiger partial charge in [0.1, 0.15) is 0 Å². The van der Waals surface area contributed by atoms with Crippen LogP contribution >= 0.6 is 0 Å². The Balaban J connectivity index is 2.18. The predicted molar refractivity (Wildman–Crippen MR) is 77.7 cm³/mol. The van der Waals surface area contributed by atoms with Gasteiger partial charge < -0.3 is 10.6 Å². The van der Waals surface area contributed by atoms with E-state index in [-0.39, 0.29) is 17.4 Å². The number of hydrogen-bond acceptors (Lipinski definition) is 2. The van der Waals surface area contributed by atoms with Crippen LogP contribution in [0, 0.1) is 5.41 Å². The van der Waals surface area contributed by atoms with Gasteiger partial charge in [-0.1, -0.05) is 45.0 Å². The van der Waals surface area contributed by atoms with Crippen LogP contribution in [-0.2, 0) is 11.2 Å². The van der Waals surface area contributed by atoms with E-state index in [1.165, 1.54) is 11.1 Å². The smallest absolute Gasteiger partial charge is 0.240 e. The Labute approximate surface area is 115 Å². The van der Waals surface area contributed by atoms with E-state index in [0.717, 1.165) is 12.8 Å². The van der Waals surface area contributed by atoms with Gasteiger partial charge in [-0.3, -0.25) is 4.79 Å². The lowest BCUT2D eigenvalue weighted by Crippen LogP contribution is -2.49. The lowest BCUT2D eigenvalue weighted by atomic mass is 9.86. The number of likely N-dealkylation sites (N-methyl/N-ethyl adjacent to an activating group) is 1. The Hall–Kier alpha value is -1.35. The predicted octanol–water partition coefficient (Wildman–Crippen LogP) is 2.51. The van der Waals surface area contributed by atoms with E-state index in [1.807, 2.05) is 38.8 Å². The molecule has 2 atom stereocenters. The highest BCUT2D eigenvalue weighted by Gasteiger charge is 2.34. The van der Waals surface area contributed by atoms with E-state index < -0.39 is 6.04 Å². The van der Waals surface area contributed by atoms with Crippen LogP contribution < -0.4 is 5.73 Å². The number of nitrogens with zero attached hydrogens (tertiary/aromatic N) is 1. The van der Waals surface area contributed by atoms with E-state index in [4.69, 9.17) is 5.73 Å². The van der Waals surface area contributed by atoms with Gasteiger partial charge in [0.2, 0.25) is 5.91 Å². The maximum absolute atomic E-state index is 12.5. The van der Waals surface area contributed by atoms with Crippen molar-refractivity contribution in [1.29, 1.82) is 0 Å². The van der Waals surface area contributed by atoms with E-state index in [2.05, 4.69) is 18.2 Å². The van der Waals surface area contributed by atoms with Gasteiger partial charge >= 0.3 is 0 Å². The van der Waals surface area contributed by atoms with Crippen LogP contribution in [0.2, 0.25) is 0 Å². The average molecular weight is 260 g/mol. The van der Waals surface area contributed by atoms with Gasteiger partial charge in [-0.05, 0) is 29.4 Å². The summed E-state index contributed by atoms with van der Waals surface area (Å²) in [6.45, 7) is 6.02. The molecule has 2 unspecified atom stereocenters. The molecule has 1 aromatic carbocycles. The summed E-state index contributed by atoms with van der Waals surface area (Å²) in [5, 5.41) is 0. The maximum Gasteiger partial charge on any atom is 0.240 e. The van der Waals surface area contributed by atoms with Crippen molar-refractivity contribution in [2.24, 2.45) is 11.1 Å². The molecule has 0 saturated heterocycles. The SMILES string of the molecule is CN(C(=O)C(N)C(C)(C)C)C1CCc2ccccc21. The third-order valence-electron chi connectivity index (χ3n) is 4.12. The number of carbonyl (C=O) groups excluding carboxylic acids is 1. The molecule has 0 heterocycles. The summed E-state index contributed by atoms with van der Waals surface area (Å²) >= 11 is 0. The van der Waals surface area contributed by atoms with Crippen LogP contribution in [0.5, 0.6) is 0 Å². The summed E-state index contributed by atoms with van der Waals surface area (Å²) in [6, 6.07) is 8.10. The Morgan fingerprint density at radius 2 is 2.00 bits per heavy atom. The van der Waals surface area contributed by atoms with Crippen molar-refractivity contribution in [1.82, 2.24) is 4.90 Å². The van der Waals surface area contributed by atoms with E-state index >= 15 is 0 Å². The summed E-state index contributed by atoms with van der Waals surface area (Å²) in [4.78, 5) is 14.3. The molecule has 1 aliphatic rings. The lowest BCUT2D eigenvalue weighted by molar-refractivity contribution is -0.135. The van der Waals surface area contributed by atoms with Crippen molar-refractivity contribution in [3.05, 3.63) is 35.4 Å². The van der Waals surface area contributed by atoms with Crippen LogP contribution in [0.4, 0.5) is 0 Å². The molecule has 3 nitrogen and oxygen atoms in total. The highest BCUT2D eigenvalue weighted by molar-refractivity contribution is 5.82. The number of amides is 1. The number of fused-ring (bicyclic) bond motifs is 1. The van der Waals surface area contributed by atoms with Crippen LogP contribution in [0.25, 0.3) is 0 Å². The molecule has 2 rings (SSSR count). The number of aryl methyl sites for hydroxylation is 1. The first-order chi connectivity index (χ1) is 8.82. The lowest BCUT2D eigenvalue weighted by Gasteiger charge is -2.33. The molecule has 0 aliphatic heterocycles. The maximum atomic E-state index is 12.5. The van der Waals surface area contributed by atoms with Crippen LogP contribution in [0.3, 0.4) is 0 Å². The molecule has 104 valence electrons. The van der Waals surface area contributed by atoms with Crippen molar-refractivity contribution in [3.63, 3.8) is 0 Å².